The Morgan fingerprint density at radius 3 is 2.63 bits per heavy atom. The van der Waals surface area contributed by atoms with E-state index in [4.69, 9.17) is 15.6 Å². The van der Waals surface area contributed by atoms with Crippen molar-refractivity contribution < 1.29 is 19.4 Å². The number of carboxylic acid groups (broad SMARTS) is 1. The van der Waals surface area contributed by atoms with Crippen molar-refractivity contribution in [2.75, 3.05) is 12.4 Å². The second-order valence-corrected chi connectivity index (χ2v) is 5.23. The number of thioether (sulfide) groups is 1. The largest absolute Gasteiger partial charge is 0.484 e. The fraction of sp³-hybridized carbons (Fsp3) is 0.333. The van der Waals surface area contributed by atoms with Crippen LogP contribution in [0.5, 0.6) is 5.75 Å². The molecule has 0 saturated carbocycles. The summed E-state index contributed by atoms with van der Waals surface area (Å²) in [5.74, 6) is -0.266. The molecule has 19 heavy (non-hydrogen) atoms. The lowest BCUT2D eigenvalue weighted by Gasteiger charge is -2.12. The van der Waals surface area contributed by atoms with Crippen LogP contribution in [0.15, 0.2) is 24.3 Å². The molecule has 0 radical (unpaired) electrons. The molecule has 0 aliphatic carbocycles. The first-order valence-electron chi connectivity index (χ1n) is 5.68. The van der Waals surface area contributed by atoms with Crippen LogP contribution >= 0.6 is 11.8 Å². The van der Waals surface area contributed by atoms with Crippen molar-refractivity contribution in [1.29, 1.82) is 0 Å². The topological polar surface area (TPSA) is 102 Å². The third-order valence-electron chi connectivity index (χ3n) is 2.64. The summed E-state index contributed by atoms with van der Waals surface area (Å²) in [6.07, 6.45) is 0. The van der Waals surface area contributed by atoms with Crippen molar-refractivity contribution in [1.82, 2.24) is 5.32 Å². The van der Waals surface area contributed by atoms with Crippen LogP contribution in [0, 0.1) is 0 Å². The average Bonchev–Trinajstić information content (AvgIpc) is 2.86. The van der Waals surface area contributed by atoms with E-state index < -0.39 is 17.9 Å². The summed E-state index contributed by atoms with van der Waals surface area (Å²) < 4.78 is 5.15. The molecule has 0 unspecified atom stereocenters. The van der Waals surface area contributed by atoms with Gasteiger partial charge in [0, 0.05) is 5.75 Å². The number of aliphatic carboxylic acids is 1. The number of hydrogen-bond acceptors (Lipinski definition) is 5. The minimum atomic E-state index is -0.837. The van der Waals surface area contributed by atoms with Crippen molar-refractivity contribution >= 4 is 23.6 Å². The van der Waals surface area contributed by atoms with E-state index in [9.17, 15) is 9.59 Å². The molecule has 1 aliphatic heterocycles. The summed E-state index contributed by atoms with van der Waals surface area (Å²) >= 11 is 1.55. The van der Waals surface area contributed by atoms with Crippen LogP contribution in [0.2, 0.25) is 0 Å². The van der Waals surface area contributed by atoms with Gasteiger partial charge in [-0.25, -0.2) is 0 Å². The molecule has 7 heteroatoms. The zero-order chi connectivity index (χ0) is 13.8. The van der Waals surface area contributed by atoms with Gasteiger partial charge in [0.05, 0.1) is 5.37 Å². The highest BCUT2D eigenvalue weighted by Gasteiger charge is 2.30. The van der Waals surface area contributed by atoms with Gasteiger partial charge in [-0.05, 0) is 17.7 Å². The fourth-order valence-corrected chi connectivity index (χ4v) is 2.93. The normalized spacial score (nSPS) is 22.1. The lowest BCUT2D eigenvalue weighted by atomic mass is 10.2. The van der Waals surface area contributed by atoms with Crippen molar-refractivity contribution in [3.05, 3.63) is 29.8 Å². The van der Waals surface area contributed by atoms with Gasteiger partial charge < -0.3 is 15.6 Å². The second kappa shape index (κ2) is 5.94. The Morgan fingerprint density at radius 2 is 2.11 bits per heavy atom. The number of carbonyl (C=O) groups excluding carboxylic acids is 1. The number of carbonyl (C=O) groups is 2. The molecule has 0 bridgehead atoms. The van der Waals surface area contributed by atoms with E-state index in [1.807, 2.05) is 12.1 Å². The highest BCUT2D eigenvalue weighted by molar-refractivity contribution is 7.99. The zero-order valence-electron chi connectivity index (χ0n) is 10.0. The quantitative estimate of drug-likeness (QED) is 0.720. The van der Waals surface area contributed by atoms with Gasteiger partial charge in [0.2, 0.25) is 0 Å². The van der Waals surface area contributed by atoms with Crippen LogP contribution in [0.25, 0.3) is 0 Å². The molecule has 1 aromatic rings. The molecule has 1 amide bonds. The maximum atomic E-state index is 10.8. The van der Waals surface area contributed by atoms with Crippen LogP contribution in [-0.4, -0.2) is 35.4 Å². The summed E-state index contributed by atoms with van der Waals surface area (Å²) in [5, 5.41) is 11.9. The molecule has 1 heterocycles. The number of ether oxygens (including phenoxy) is 1. The Bertz CT molecular complexity index is 477. The number of carboxylic acids is 1. The van der Waals surface area contributed by atoms with Gasteiger partial charge in [0.1, 0.15) is 11.8 Å². The maximum Gasteiger partial charge on any atom is 0.321 e. The van der Waals surface area contributed by atoms with Gasteiger partial charge in [-0.2, -0.15) is 0 Å². The van der Waals surface area contributed by atoms with E-state index in [1.165, 1.54) is 0 Å². The van der Waals surface area contributed by atoms with E-state index in [0.717, 1.165) is 5.56 Å². The number of rotatable bonds is 5. The summed E-state index contributed by atoms with van der Waals surface area (Å²) in [5.41, 5.74) is 5.95. The Kier molecular flexibility index (Phi) is 4.28. The second-order valence-electron chi connectivity index (χ2n) is 4.09. The van der Waals surface area contributed by atoms with Crippen LogP contribution in [0.4, 0.5) is 0 Å². The first kappa shape index (κ1) is 13.7. The van der Waals surface area contributed by atoms with Gasteiger partial charge >= 0.3 is 5.97 Å². The van der Waals surface area contributed by atoms with Gasteiger partial charge in [-0.15, -0.1) is 11.8 Å². The van der Waals surface area contributed by atoms with E-state index in [1.54, 1.807) is 23.9 Å². The first-order valence-corrected chi connectivity index (χ1v) is 6.72. The van der Waals surface area contributed by atoms with Crippen LogP contribution in [-0.2, 0) is 9.59 Å². The van der Waals surface area contributed by atoms with Gasteiger partial charge in [0.25, 0.3) is 5.91 Å². The van der Waals surface area contributed by atoms with E-state index >= 15 is 0 Å². The summed E-state index contributed by atoms with van der Waals surface area (Å²) in [6, 6.07) is 6.63. The number of benzene rings is 1. The molecule has 4 N–H and O–H groups in total. The average molecular weight is 282 g/mol. The maximum absolute atomic E-state index is 10.8. The molecule has 1 aromatic carbocycles. The third kappa shape index (κ3) is 3.62. The number of amides is 1. The molecule has 0 aromatic heterocycles. The zero-order valence-corrected chi connectivity index (χ0v) is 10.9. The summed E-state index contributed by atoms with van der Waals surface area (Å²) in [6.45, 7) is -0.156. The molecule has 0 spiro atoms. The molecule has 1 fully saturated rings. The lowest BCUT2D eigenvalue weighted by Crippen LogP contribution is -2.33. The van der Waals surface area contributed by atoms with Crippen LogP contribution in [0.3, 0.4) is 0 Å². The Hall–Kier alpha value is -1.73. The van der Waals surface area contributed by atoms with Crippen LogP contribution < -0.4 is 15.8 Å². The van der Waals surface area contributed by atoms with Gasteiger partial charge in [-0.1, -0.05) is 12.1 Å². The van der Waals surface area contributed by atoms with Crippen molar-refractivity contribution in [3.8, 4) is 5.75 Å². The first-order chi connectivity index (χ1) is 9.06. The Morgan fingerprint density at radius 1 is 1.42 bits per heavy atom. The molecular weight excluding hydrogens is 268 g/mol. The molecule has 2 atom stereocenters. The van der Waals surface area contributed by atoms with Crippen LogP contribution in [0.1, 0.15) is 10.9 Å². The van der Waals surface area contributed by atoms with E-state index in [2.05, 4.69) is 5.32 Å². The molecule has 2 rings (SSSR count). The summed E-state index contributed by atoms with van der Waals surface area (Å²) in [4.78, 5) is 21.4. The lowest BCUT2D eigenvalue weighted by molar-refractivity contribution is -0.138. The number of primary amides is 1. The van der Waals surface area contributed by atoms with Crippen molar-refractivity contribution in [3.63, 3.8) is 0 Å². The highest BCUT2D eigenvalue weighted by atomic mass is 32.2. The minimum Gasteiger partial charge on any atom is -0.484 e. The molecule has 102 valence electrons. The Balaban J connectivity index is 1.95. The van der Waals surface area contributed by atoms with Gasteiger partial charge in [-0.3, -0.25) is 14.9 Å². The SMILES string of the molecule is NC(=O)COc1ccc([C@@H]2N[C@@H](C(=O)O)CS2)cc1. The number of nitrogens with one attached hydrogen (secondary N) is 1. The highest BCUT2D eigenvalue weighted by Crippen LogP contribution is 2.33. The Labute approximate surface area is 114 Å². The third-order valence-corrected chi connectivity index (χ3v) is 3.91. The molecule has 1 saturated heterocycles. The summed E-state index contributed by atoms with van der Waals surface area (Å²) in [7, 11) is 0. The number of nitrogens with two attached hydrogens (primary N) is 1. The predicted molar refractivity (Wildman–Crippen MR) is 70.9 cm³/mol. The monoisotopic (exact) mass is 282 g/mol. The van der Waals surface area contributed by atoms with E-state index in [-0.39, 0.29) is 12.0 Å². The molecule has 6 nitrogen and oxygen atoms in total. The van der Waals surface area contributed by atoms with Crippen molar-refractivity contribution in [2.45, 2.75) is 11.4 Å². The molecular formula is C12H14N2O4S. The number of hydrogen-bond donors (Lipinski definition) is 3. The standard InChI is InChI=1S/C12H14N2O4S/c13-10(15)5-18-8-3-1-7(2-4-8)11-14-9(6-19-11)12(16)17/h1-4,9,11,14H,5-6H2,(H2,13,15)(H,16,17)/t9-,11-/m1/s1. The smallest absolute Gasteiger partial charge is 0.321 e. The minimum absolute atomic E-state index is 0.0358. The van der Waals surface area contributed by atoms with Gasteiger partial charge in [0.15, 0.2) is 6.61 Å². The fourth-order valence-electron chi connectivity index (χ4n) is 1.70. The molecule has 1 aliphatic rings. The van der Waals surface area contributed by atoms with E-state index in [0.29, 0.717) is 11.5 Å². The predicted octanol–water partition coefficient (Wildman–Crippen LogP) is 0.339. The van der Waals surface area contributed by atoms with Crippen molar-refractivity contribution in [2.24, 2.45) is 5.73 Å².